The molecule has 0 radical (unpaired) electrons. The molecule has 0 saturated carbocycles. The van der Waals surface area contributed by atoms with Gasteiger partial charge in [0.25, 0.3) is 0 Å². The smallest absolute Gasteiger partial charge is 0.200 e. The maximum absolute atomic E-state index is 14.1. The van der Waals surface area contributed by atoms with Gasteiger partial charge in [0.1, 0.15) is 13.2 Å². The van der Waals surface area contributed by atoms with Crippen LogP contribution in [0.4, 0.5) is 8.78 Å². The van der Waals surface area contributed by atoms with E-state index in [1.165, 1.54) is 0 Å². The first-order valence-electron chi connectivity index (χ1n) is 7.55. The first-order chi connectivity index (χ1) is 11.7. The summed E-state index contributed by atoms with van der Waals surface area (Å²) in [4.78, 5) is 0. The lowest BCUT2D eigenvalue weighted by molar-refractivity contribution is 0.236. The van der Waals surface area contributed by atoms with E-state index in [1.807, 2.05) is 60.7 Å². The molecule has 3 aromatic carbocycles. The van der Waals surface area contributed by atoms with Crippen molar-refractivity contribution in [3.63, 3.8) is 0 Å². The Morgan fingerprint density at radius 1 is 0.542 bits per heavy atom. The maximum atomic E-state index is 14.1. The summed E-state index contributed by atoms with van der Waals surface area (Å²) in [5.74, 6) is -1.74. The van der Waals surface area contributed by atoms with Crippen molar-refractivity contribution in [3.05, 3.63) is 95.6 Å². The summed E-state index contributed by atoms with van der Waals surface area (Å²) < 4.78 is 39.1. The van der Waals surface area contributed by atoms with Crippen LogP contribution in [0.25, 0.3) is 0 Å². The van der Waals surface area contributed by atoms with Gasteiger partial charge in [-0.15, -0.1) is 0 Å². The van der Waals surface area contributed by atoms with Gasteiger partial charge in [0.15, 0.2) is 11.6 Å². The highest BCUT2D eigenvalue weighted by molar-refractivity contribution is 5.42. The van der Waals surface area contributed by atoms with Crippen molar-refractivity contribution >= 4 is 0 Å². The van der Waals surface area contributed by atoms with Gasteiger partial charge < -0.3 is 9.47 Å². The maximum Gasteiger partial charge on any atom is 0.200 e. The van der Waals surface area contributed by atoms with Gasteiger partial charge in [-0.1, -0.05) is 60.7 Å². The van der Waals surface area contributed by atoms with Crippen molar-refractivity contribution in [1.29, 1.82) is 0 Å². The van der Waals surface area contributed by atoms with Crippen LogP contribution in [-0.4, -0.2) is 0 Å². The second-order valence-electron chi connectivity index (χ2n) is 5.24. The highest BCUT2D eigenvalue weighted by Crippen LogP contribution is 2.34. The van der Waals surface area contributed by atoms with Crippen molar-refractivity contribution in [3.8, 4) is 11.5 Å². The van der Waals surface area contributed by atoms with Crippen LogP contribution in [0.1, 0.15) is 11.1 Å². The molecular formula is C20H16F2O2. The molecular weight excluding hydrogens is 310 g/mol. The Labute approximate surface area is 139 Å². The van der Waals surface area contributed by atoms with Crippen LogP contribution in [0.2, 0.25) is 0 Å². The minimum Gasteiger partial charge on any atom is -0.482 e. The summed E-state index contributed by atoms with van der Waals surface area (Å²) in [6, 6.07) is 20.6. The molecule has 0 fully saturated rings. The Morgan fingerprint density at radius 2 is 0.917 bits per heavy atom. The fraction of sp³-hybridized carbons (Fsp3) is 0.100. The summed E-state index contributed by atoms with van der Waals surface area (Å²) in [6.07, 6.45) is 0. The Kier molecular flexibility index (Phi) is 5.06. The zero-order chi connectivity index (χ0) is 16.8. The van der Waals surface area contributed by atoms with Crippen LogP contribution in [0.3, 0.4) is 0 Å². The number of halogens is 2. The molecule has 0 saturated heterocycles. The fourth-order valence-corrected chi connectivity index (χ4v) is 2.24. The Bertz CT molecular complexity index is 721. The lowest BCUT2D eigenvalue weighted by atomic mass is 10.2. The summed E-state index contributed by atoms with van der Waals surface area (Å²) in [5.41, 5.74) is 1.71. The summed E-state index contributed by atoms with van der Waals surface area (Å²) in [7, 11) is 0. The van der Waals surface area contributed by atoms with Gasteiger partial charge in [0.2, 0.25) is 11.5 Å². The molecule has 0 aliphatic rings. The second kappa shape index (κ2) is 7.59. The van der Waals surface area contributed by atoms with Crippen molar-refractivity contribution in [2.75, 3.05) is 0 Å². The second-order valence-corrected chi connectivity index (χ2v) is 5.24. The molecule has 2 nitrogen and oxygen atoms in total. The standard InChI is InChI=1S/C20H16F2O2/c21-17-11-12-18(22)20(24-14-16-9-5-2-6-10-16)19(17)23-13-15-7-3-1-4-8-15/h1-12H,13-14H2. The third-order valence-electron chi connectivity index (χ3n) is 3.47. The van der Waals surface area contributed by atoms with E-state index in [0.717, 1.165) is 23.3 Å². The first-order valence-corrected chi connectivity index (χ1v) is 7.55. The van der Waals surface area contributed by atoms with Crippen LogP contribution < -0.4 is 9.47 Å². The molecule has 3 aromatic rings. The predicted octanol–water partition coefficient (Wildman–Crippen LogP) is 5.12. The number of hydrogen-bond acceptors (Lipinski definition) is 2. The molecule has 0 aromatic heterocycles. The van der Waals surface area contributed by atoms with E-state index in [9.17, 15) is 8.78 Å². The predicted molar refractivity (Wildman–Crippen MR) is 87.9 cm³/mol. The number of ether oxygens (including phenoxy) is 2. The molecule has 0 N–H and O–H groups in total. The largest absolute Gasteiger partial charge is 0.482 e. The van der Waals surface area contributed by atoms with Crippen molar-refractivity contribution in [2.45, 2.75) is 13.2 Å². The van der Waals surface area contributed by atoms with Gasteiger partial charge in [-0.25, -0.2) is 8.78 Å². The number of rotatable bonds is 6. The minimum atomic E-state index is -0.657. The van der Waals surface area contributed by atoms with Crippen molar-refractivity contribution in [2.24, 2.45) is 0 Å². The van der Waals surface area contributed by atoms with Gasteiger partial charge >= 0.3 is 0 Å². The monoisotopic (exact) mass is 326 g/mol. The Morgan fingerprint density at radius 3 is 1.29 bits per heavy atom. The third kappa shape index (κ3) is 3.90. The van der Waals surface area contributed by atoms with Gasteiger partial charge in [0.05, 0.1) is 0 Å². The van der Waals surface area contributed by atoms with Gasteiger partial charge in [-0.3, -0.25) is 0 Å². The quantitative estimate of drug-likeness (QED) is 0.626. The Hall–Kier alpha value is -2.88. The molecule has 0 unspecified atom stereocenters. The third-order valence-corrected chi connectivity index (χ3v) is 3.47. The van der Waals surface area contributed by atoms with Crippen LogP contribution in [0, 0.1) is 11.6 Å². The van der Waals surface area contributed by atoms with E-state index in [-0.39, 0.29) is 24.7 Å². The molecule has 0 aliphatic heterocycles. The van der Waals surface area contributed by atoms with Crippen LogP contribution in [0.5, 0.6) is 11.5 Å². The zero-order valence-electron chi connectivity index (χ0n) is 12.9. The number of benzene rings is 3. The number of hydrogen-bond donors (Lipinski definition) is 0. The summed E-state index contributed by atoms with van der Waals surface area (Å²) in [6.45, 7) is 0.256. The molecule has 3 rings (SSSR count). The molecule has 24 heavy (non-hydrogen) atoms. The van der Waals surface area contributed by atoms with E-state index in [2.05, 4.69) is 0 Å². The fourth-order valence-electron chi connectivity index (χ4n) is 2.24. The first kappa shape index (κ1) is 16.0. The zero-order valence-corrected chi connectivity index (χ0v) is 12.9. The van der Waals surface area contributed by atoms with Gasteiger partial charge in [0, 0.05) is 0 Å². The minimum absolute atomic E-state index is 0.128. The molecule has 0 aliphatic carbocycles. The lowest BCUT2D eigenvalue weighted by Gasteiger charge is -2.14. The normalized spacial score (nSPS) is 10.4. The molecule has 0 spiro atoms. The van der Waals surface area contributed by atoms with Crippen LogP contribution in [0.15, 0.2) is 72.8 Å². The van der Waals surface area contributed by atoms with Crippen LogP contribution >= 0.6 is 0 Å². The van der Waals surface area contributed by atoms with E-state index >= 15 is 0 Å². The molecule has 122 valence electrons. The van der Waals surface area contributed by atoms with Crippen molar-refractivity contribution in [1.82, 2.24) is 0 Å². The molecule has 4 heteroatoms. The lowest BCUT2D eigenvalue weighted by Crippen LogP contribution is -2.04. The van der Waals surface area contributed by atoms with Gasteiger partial charge in [-0.2, -0.15) is 0 Å². The SMILES string of the molecule is Fc1ccc(F)c(OCc2ccccc2)c1OCc1ccccc1. The van der Waals surface area contributed by atoms with E-state index < -0.39 is 11.6 Å². The Balaban J connectivity index is 1.78. The van der Waals surface area contributed by atoms with E-state index in [0.29, 0.717) is 0 Å². The average Bonchev–Trinajstić information content (AvgIpc) is 2.63. The van der Waals surface area contributed by atoms with Crippen LogP contribution in [-0.2, 0) is 13.2 Å². The van der Waals surface area contributed by atoms with E-state index in [4.69, 9.17) is 9.47 Å². The average molecular weight is 326 g/mol. The van der Waals surface area contributed by atoms with Crippen molar-refractivity contribution < 1.29 is 18.3 Å². The van der Waals surface area contributed by atoms with Gasteiger partial charge in [-0.05, 0) is 23.3 Å². The summed E-state index contributed by atoms with van der Waals surface area (Å²) in [5, 5.41) is 0. The highest BCUT2D eigenvalue weighted by atomic mass is 19.1. The van der Waals surface area contributed by atoms with E-state index in [1.54, 1.807) is 0 Å². The molecule has 0 atom stereocenters. The topological polar surface area (TPSA) is 18.5 Å². The molecule has 0 bridgehead atoms. The molecule has 0 heterocycles. The molecule has 0 amide bonds. The highest BCUT2D eigenvalue weighted by Gasteiger charge is 2.17. The summed E-state index contributed by atoms with van der Waals surface area (Å²) >= 11 is 0.